The van der Waals surface area contributed by atoms with Crippen LogP contribution in [0.4, 0.5) is 0 Å². The molecule has 90 valence electrons. The maximum absolute atomic E-state index is 6.13. The average Bonchev–Trinajstić information content (AvgIpc) is 2.90. The Kier molecular flexibility index (Phi) is 4.38. The third kappa shape index (κ3) is 3.06. The zero-order chi connectivity index (χ0) is 11.4. The van der Waals surface area contributed by atoms with Crippen molar-refractivity contribution in [2.24, 2.45) is 11.7 Å². The molecule has 16 heavy (non-hydrogen) atoms. The summed E-state index contributed by atoms with van der Waals surface area (Å²) in [4.78, 5) is 4.00. The van der Waals surface area contributed by atoms with Crippen LogP contribution in [0, 0.1) is 5.92 Å². The van der Waals surface area contributed by atoms with E-state index in [1.165, 1.54) is 30.7 Å². The summed E-state index contributed by atoms with van der Waals surface area (Å²) in [6.07, 6.45) is 3.87. The zero-order valence-corrected chi connectivity index (χ0v) is 10.9. The molecule has 2 unspecified atom stereocenters. The highest BCUT2D eigenvalue weighted by Gasteiger charge is 2.25. The second-order valence-corrected chi connectivity index (χ2v) is 5.79. The predicted octanol–water partition coefficient (Wildman–Crippen LogP) is 2.70. The standard InChI is InChI=1S/C13H22N2S/c1-2-15(10-12-6-4-8-16-12)9-11-5-3-7-13(11)14/h4,6,8,11,13H,2-3,5,7,9-10,14H2,1H3. The van der Waals surface area contributed by atoms with Gasteiger partial charge in [-0.05, 0) is 36.8 Å². The first-order valence-electron chi connectivity index (χ1n) is 6.30. The summed E-state index contributed by atoms with van der Waals surface area (Å²) in [6, 6.07) is 4.80. The highest BCUT2D eigenvalue weighted by atomic mass is 32.1. The maximum Gasteiger partial charge on any atom is 0.0327 e. The van der Waals surface area contributed by atoms with Crippen molar-refractivity contribution in [3.63, 3.8) is 0 Å². The van der Waals surface area contributed by atoms with E-state index < -0.39 is 0 Å². The molecule has 0 radical (unpaired) electrons. The van der Waals surface area contributed by atoms with Crippen LogP contribution in [-0.2, 0) is 6.54 Å². The van der Waals surface area contributed by atoms with Crippen molar-refractivity contribution >= 4 is 11.3 Å². The van der Waals surface area contributed by atoms with Gasteiger partial charge in [-0.25, -0.2) is 0 Å². The first-order chi connectivity index (χ1) is 7.79. The van der Waals surface area contributed by atoms with Crippen LogP contribution in [0.2, 0.25) is 0 Å². The molecule has 0 aliphatic heterocycles. The summed E-state index contributed by atoms with van der Waals surface area (Å²) < 4.78 is 0. The smallest absolute Gasteiger partial charge is 0.0327 e. The van der Waals surface area contributed by atoms with Crippen molar-refractivity contribution in [2.45, 2.75) is 38.8 Å². The van der Waals surface area contributed by atoms with E-state index in [4.69, 9.17) is 5.73 Å². The molecule has 1 aromatic rings. The molecular formula is C13H22N2S. The first-order valence-corrected chi connectivity index (χ1v) is 7.18. The van der Waals surface area contributed by atoms with Crippen molar-refractivity contribution in [1.82, 2.24) is 4.90 Å². The number of hydrogen-bond acceptors (Lipinski definition) is 3. The van der Waals surface area contributed by atoms with Gasteiger partial charge in [-0.1, -0.05) is 19.4 Å². The number of hydrogen-bond donors (Lipinski definition) is 1. The molecule has 0 spiro atoms. The Morgan fingerprint density at radius 2 is 2.38 bits per heavy atom. The highest BCUT2D eigenvalue weighted by Crippen LogP contribution is 2.25. The van der Waals surface area contributed by atoms with Gasteiger partial charge in [-0.15, -0.1) is 11.3 Å². The monoisotopic (exact) mass is 238 g/mol. The van der Waals surface area contributed by atoms with E-state index in [-0.39, 0.29) is 0 Å². The quantitative estimate of drug-likeness (QED) is 0.854. The topological polar surface area (TPSA) is 29.3 Å². The fourth-order valence-electron chi connectivity index (χ4n) is 2.55. The Hall–Kier alpha value is -0.380. The summed E-state index contributed by atoms with van der Waals surface area (Å²) in [5.74, 6) is 0.722. The molecule has 0 aromatic carbocycles. The molecule has 1 saturated carbocycles. The predicted molar refractivity (Wildman–Crippen MR) is 70.6 cm³/mol. The maximum atomic E-state index is 6.13. The summed E-state index contributed by atoms with van der Waals surface area (Å²) >= 11 is 1.85. The molecule has 2 nitrogen and oxygen atoms in total. The molecule has 2 rings (SSSR count). The number of rotatable bonds is 5. The molecule has 0 amide bonds. The zero-order valence-electron chi connectivity index (χ0n) is 10.1. The van der Waals surface area contributed by atoms with Crippen LogP contribution in [-0.4, -0.2) is 24.0 Å². The van der Waals surface area contributed by atoms with Crippen LogP contribution in [0.1, 0.15) is 31.1 Å². The number of nitrogens with zero attached hydrogens (tertiary/aromatic N) is 1. The third-order valence-corrected chi connectivity index (χ3v) is 4.48. The molecule has 1 heterocycles. The minimum Gasteiger partial charge on any atom is -0.327 e. The van der Waals surface area contributed by atoms with E-state index in [0.29, 0.717) is 6.04 Å². The Balaban J connectivity index is 1.85. The fourth-order valence-corrected chi connectivity index (χ4v) is 3.30. The minimum atomic E-state index is 0.442. The number of nitrogens with two attached hydrogens (primary N) is 1. The van der Waals surface area contributed by atoms with Gasteiger partial charge in [0.05, 0.1) is 0 Å². The van der Waals surface area contributed by atoms with E-state index >= 15 is 0 Å². The van der Waals surface area contributed by atoms with Gasteiger partial charge in [-0.2, -0.15) is 0 Å². The Morgan fingerprint density at radius 3 is 2.94 bits per heavy atom. The summed E-state index contributed by atoms with van der Waals surface area (Å²) in [7, 11) is 0. The molecule has 0 bridgehead atoms. The third-order valence-electron chi connectivity index (χ3n) is 3.62. The fraction of sp³-hybridized carbons (Fsp3) is 0.692. The van der Waals surface area contributed by atoms with E-state index in [1.807, 2.05) is 11.3 Å². The molecule has 0 saturated heterocycles. The van der Waals surface area contributed by atoms with E-state index in [1.54, 1.807) is 0 Å². The minimum absolute atomic E-state index is 0.442. The molecule has 2 N–H and O–H groups in total. The van der Waals surface area contributed by atoms with Gasteiger partial charge < -0.3 is 5.73 Å². The van der Waals surface area contributed by atoms with Gasteiger partial charge in [0, 0.05) is 24.0 Å². The molecule has 3 heteroatoms. The van der Waals surface area contributed by atoms with Crippen LogP contribution in [0.3, 0.4) is 0 Å². The molecule has 1 aliphatic carbocycles. The normalized spacial score (nSPS) is 25.4. The molecular weight excluding hydrogens is 216 g/mol. The van der Waals surface area contributed by atoms with Crippen molar-refractivity contribution in [1.29, 1.82) is 0 Å². The average molecular weight is 238 g/mol. The van der Waals surface area contributed by atoms with Gasteiger partial charge >= 0.3 is 0 Å². The number of thiophene rings is 1. The lowest BCUT2D eigenvalue weighted by Crippen LogP contribution is -2.35. The van der Waals surface area contributed by atoms with E-state index in [9.17, 15) is 0 Å². The molecule has 1 aromatic heterocycles. The lowest BCUT2D eigenvalue weighted by Gasteiger charge is -2.25. The highest BCUT2D eigenvalue weighted by molar-refractivity contribution is 7.09. The molecule has 1 aliphatic rings. The lowest BCUT2D eigenvalue weighted by molar-refractivity contribution is 0.227. The SMILES string of the molecule is CCN(Cc1cccs1)CC1CCCC1N. The van der Waals surface area contributed by atoms with Crippen molar-refractivity contribution in [3.05, 3.63) is 22.4 Å². The second kappa shape index (κ2) is 5.80. The molecule has 2 atom stereocenters. The van der Waals surface area contributed by atoms with Crippen LogP contribution in [0.15, 0.2) is 17.5 Å². The summed E-state index contributed by atoms with van der Waals surface area (Å²) in [5, 5.41) is 2.16. The largest absolute Gasteiger partial charge is 0.327 e. The van der Waals surface area contributed by atoms with E-state index in [2.05, 4.69) is 29.3 Å². The van der Waals surface area contributed by atoms with Crippen molar-refractivity contribution in [3.8, 4) is 0 Å². The van der Waals surface area contributed by atoms with Crippen LogP contribution in [0.25, 0.3) is 0 Å². The van der Waals surface area contributed by atoms with Gasteiger partial charge in [0.1, 0.15) is 0 Å². The first kappa shape index (κ1) is 12.1. The van der Waals surface area contributed by atoms with Crippen LogP contribution >= 0.6 is 11.3 Å². The Morgan fingerprint density at radius 1 is 1.50 bits per heavy atom. The Labute approximate surface area is 102 Å². The second-order valence-electron chi connectivity index (χ2n) is 4.76. The van der Waals surface area contributed by atoms with Gasteiger partial charge in [0.2, 0.25) is 0 Å². The van der Waals surface area contributed by atoms with Gasteiger partial charge in [0.15, 0.2) is 0 Å². The Bertz CT molecular complexity index is 297. The van der Waals surface area contributed by atoms with Crippen LogP contribution in [0.5, 0.6) is 0 Å². The summed E-state index contributed by atoms with van der Waals surface area (Å²) in [5.41, 5.74) is 6.13. The van der Waals surface area contributed by atoms with Gasteiger partial charge in [0.25, 0.3) is 0 Å². The van der Waals surface area contributed by atoms with Crippen molar-refractivity contribution in [2.75, 3.05) is 13.1 Å². The van der Waals surface area contributed by atoms with E-state index in [0.717, 1.165) is 19.0 Å². The van der Waals surface area contributed by atoms with Crippen molar-refractivity contribution < 1.29 is 0 Å². The summed E-state index contributed by atoms with van der Waals surface area (Å²) in [6.45, 7) is 5.64. The molecule has 1 fully saturated rings. The van der Waals surface area contributed by atoms with Gasteiger partial charge in [-0.3, -0.25) is 4.90 Å². The lowest BCUT2D eigenvalue weighted by atomic mass is 10.0. The van der Waals surface area contributed by atoms with Crippen LogP contribution < -0.4 is 5.73 Å².